The highest BCUT2D eigenvalue weighted by molar-refractivity contribution is 6.20. The van der Waals surface area contributed by atoms with Gasteiger partial charge in [-0.2, -0.15) is 21.0 Å². The van der Waals surface area contributed by atoms with Crippen LogP contribution >= 0.6 is 0 Å². The Bertz CT molecular complexity index is 2020. The van der Waals surface area contributed by atoms with Crippen LogP contribution in [0.15, 0.2) is 60.7 Å². The summed E-state index contributed by atoms with van der Waals surface area (Å²) >= 11 is 0. The first-order valence-electron chi connectivity index (χ1n) is 10.1. The van der Waals surface area contributed by atoms with E-state index in [0.717, 1.165) is 27.2 Å². The molecule has 148 valence electrons. The van der Waals surface area contributed by atoms with E-state index in [-0.39, 0.29) is 22.3 Å². The molecule has 6 aromatic rings. The van der Waals surface area contributed by atoms with Crippen molar-refractivity contribution >= 4 is 49.1 Å². The predicted octanol–water partition coefficient (Wildman–Crippen LogP) is 5.43. The fourth-order valence-corrected chi connectivity index (χ4v) is 4.73. The maximum atomic E-state index is 10.1. The minimum atomic E-state index is -0.0942. The molecule has 0 atom stereocenters. The van der Waals surface area contributed by atoms with Crippen molar-refractivity contribution in [1.29, 1.82) is 21.0 Å². The third-order valence-corrected chi connectivity index (χ3v) is 6.10. The molecule has 0 spiro atoms. The number of rotatable bonds is 0. The molecule has 0 saturated carbocycles. The van der Waals surface area contributed by atoms with Crippen molar-refractivity contribution in [3.8, 4) is 24.3 Å². The van der Waals surface area contributed by atoms with Gasteiger partial charge in [-0.15, -0.1) is 0 Å². The number of aromatic nitrogens is 2. The summed E-state index contributed by atoms with van der Waals surface area (Å²) in [5, 5.41) is 43.9. The van der Waals surface area contributed by atoms with Gasteiger partial charge in [-0.25, -0.2) is 4.98 Å². The molecule has 0 bridgehead atoms. The van der Waals surface area contributed by atoms with Crippen LogP contribution in [0.5, 0.6) is 0 Å². The highest BCUT2D eigenvalue weighted by Gasteiger charge is 2.25. The monoisotopic (exact) mass is 418 g/mol. The number of hydrogen-bond acceptors (Lipinski definition) is 5. The molecule has 6 heteroatoms. The number of hydrogen-bond donors (Lipinski definition) is 0. The molecule has 0 unspecified atom stereocenters. The molecule has 33 heavy (non-hydrogen) atoms. The summed E-state index contributed by atoms with van der Waals surface area (Å²) in [6.07, 6.45) is 0. The zero-order valence-corrected chi connectivity index (χ0v) is 17.0. The number of pyridine rings is 1. The molecule has 0 N–H and O–H groups in total. The molecule has 6 nitrogen and oxygen atoms in total. The number of fused-ring (bicyclic) bond motifs is 9. The largest absolute Gasteiger partial charge is 0.290 e. The Labute approximate surface area is 187 Å². The van der Waals surface area contributed by atoms with Crippen LogP contribution in [0, 0.1) is 45.3 Å². The number of nitrogens with zero attached hydrogens (tertiary/aromatic N) is 6. The minimum Gasteiger partial charge on any atom is -0.290 e. The van der Waals surface area contributed by atoms with Crippen molar-refractivity contribution in [1.82, 2.24) is 9.38 Å². The maximum Gasteiger partial charge on any atom is 0.146 e. The Hall–Kier alpha value is -5.43. The molecular weight excluding hydrogens is 408 g/mol. The second kappa shape index (κ2) is 6.53. The number of benzene rings is 4. The summed E-state index contributed by atoms with van der Waals surface area (Å²) in [7, 11) is 0. The standard InChI is InChI=1S/C27H10N6/c28-11-19-20(12-29)22(14-31)26-25(21(19)13-30)17-9-15-5-1-2-6-16(15)10-18(17)27-32-23-7-3-4-8-24(23)33(26)27/h1-10H. The van der Waals surface area contributed by atoms with E-state index in [2.05, 4.69) is 12.1 Å². The average Bonchev–Trinajstić information content (AvgIpc) is 3.25. The topological polar surface area (TPSA) is 112 Å². The summed E-state index contributed by atoms with van der Waals surface area (Å²) in [6, 6.07) is 27.6. The summed E-state index contributed by atoms with van der Waals surface area (Å²) in [5.41, 5.74) is 2.49. The zero-order valence-electron chi connectivity index (χ0n) is 17.0. The molecule has 4 aromatic carbocycles. The molecule has 2 heterocycles. The molecule has 0 radical (unpaired) electrons. The molecule has 0 aliphatic heterocycles. The second-order valence-electron chi connectivity index (χ2n) is 7.68. The first kappa shape index (κ1) is 18.3. The SMILES string of the molecule is N#Cc1c(C#N)c(C#N)c2c(c1C#N)c1cc3ccccc3cc1c1nc3ccccc3n12. The fraction of sp³-hybridized carbons (Fsp3) is 0. The molecule has 0 saturated heterocycles. The Kier molecular flexibility index (Phi) is 3.63. The Morgan fingerprint density at radius 1 is 0.636 bits per heavy atom. The van der Waals surface area contributed by atoms with Gasteiger partial charge in [0.15, 0.2) is 0 Å². The third-order valence-electron chi connectivity index (χ3n) is 6.10. The van der Waals surface area contributed by atoms with Gasteiger partial charge < -0.3 is 0 Å². The number of nitriles is 4. The Balaban J connectivity index is 2.11. The predicted molar refractivity (Wildman–Crippen MR) is 124 cm³/mol. The highest BCUT2D eigenvalue weighted by Crippen LogP contribution is 2.39. The van der Waals surface area contributed by atoms with Crippen LogP contribution in [-0.2, 0) is 0 Å². The van der Waals surface area contributed by atoms with Gasteiger partial charge in [-0.05, 0) is 40.4 Å². The van der Waals surface area contributed by atoms with E-state index < -0.39 is 0 Å². The first-order chi connectivity index (χ1) is 16.2. The third kappa shape index (κ3) is 2.24. The molecule has 0 amide bonds. The highest BCUT2D eigenvalue weighted by atomic mass is 15.0. The fourth-order valence-electron chi connectivity index (χ4n) is 4.73. The van der Waals surface area contributed by atoms with Crippen molar-refractivity contribution in [2.24, 2.45) is 0 Å². The van der Waals surface area contributed by atoms with Gasteiger partial charge in [0.25, 0.3) is 0 Å². The van der Waals surface area contributed by atoms with E-state index in [1.165, 1.54) is 0 Å². The summed E-state index contributed by atoms with van der Waals surface area (Å²) in [4.78, 5) is 4.85. The van der Waals surface area contributed by atoms with Crippen molar-refractivity contribution in [2.45, 2.75) is 0 Å². The first-order valence-corrected chi connectivity index (χ1v) is 10.1. The lowest BCUT2D eigenvalue weighted by molar-refractivity contribution is 1.29. The summed E-state index contributed by atoms with van der Waals surface area (Å²) in [6.45, 7) is 0. The van der Waals surface area contributed by atoms with Crippen molar-refractivity contribution < 1.29 is 0 Å². The zero-order chi connectivity index (χ0) is 22.7. The van der Waals surface area contributed by atoms with E-state index in [1.807, 2.05) is 77.2 Å². The lowest BCUT2D eigenvalue weighted by Gasteiger charge is -2.15. The van der Waals surface area contributed by atoms with Gasteiger partial charge in [0.2, 0.25) is 0 Å². The van der Waals surface area contributed by atoms with Crippen molar-refractivity contribution in [3.05, 3.63) is 82.9 Å². The van der Waals surface area contributed by atoms with Crippen LogP contribution in [0.3, 0.4) is 0 Å². The van der Waals surface area contributed by atoms with Crippen LogP contribution in [0.1, 0.15) is 22.3 Å². The number of imidazole rings is 1. The van der Waals surface area contributed by atoms with Crippen molar-refractivity contribution in [2.75, 3.05) is 0 Å². The van der Waals surface area contributed by atoms with Crippen LogP contribution in [0.25, 0.3) is 49.1 Å². The van der Waals surface area contributed by atoms with E-state index in [1.54, 1.807) is 0 Å². The Morgan fingerprint density at radius 2 is 1.21 bits per heavy atom. The molecule has 0 aliphatic rings. The van der Waals surface area contributed by atoms with Crippen LogP contribution in [-0.4, -0.2) is 9.38 Å². The van der Waals surface area contributed by atoms with Crippen LogP contribution in [0.2, 0.25) is 0 Å². The lowest BCUT2D eigenvalue weighted by Crippen LogP contribution is -2.03. The maximum absolute atomic E-state index is 10.1. The molecule has 2 aromatic heterocycles. The Morgan fingerprint density at radius 3 is 1.88 bits per heavy atom. The summed E-state index contributed by atoms with van der Waals surface area (Å²) in [5.74, 6) is 0. The van der Waals surface area contributed by atoms with E-state index in [4.69, 9.17) is 4.98 Å². The minimum absolute atomic E-state index is 0.0614. The van der Waals surface area contributed by atoms with Gasteiger partial charge in [-0.3, -0.25) is 4.40 Å². The van der Waals surface area contributed by atoms with E-state index >= 15 is 0 Å². The lowest BCUT2D eigenvalue weighted by atomic mass is 9.90. The van der Waals surface area contributed by atoms with Gasteiger partial charge >= 0.3 is 0 Å². The molecule has 0 fully saturated rings. The second-order valence-corrected chi connectivity index (χ2v) is 7.68. The van der Waals surface area contributed by atoms with Gasteiger partial charge in [0, 0.05) is 10.8 Å². The van der Waals surface area contributed by atoms with Gasteiger partial charge in [0.1, 0.15) is 29.9 Å². The van der Waals surface area contributed by atoms with Gasteiger partial charge in [0.05, 0.1) is 38.8 Å². The number of para-hydroxylation sites is 2. The molecular formula is C27H10N6. The molecule has 6 rings (SSSR count). The van der Waals surface area contributed by atoms with Crippen molar-refractivity contribution in [3.63, 3.8) is 0 Å². The summed E-state index contributed by atoms with van der Waals surface area (Å²) < 4.78 is 1.84. The van der Waals surface area contributed by atoms with E-state index in [0.29, 0.717) is 21.9 Å². The molecule has 0 aliphatic carbocycles. The van der Waals surface area contributed by atoms with Crippen LogP contribution in [0.4, 0.5) is 0 Å². The quantitative estimate of drug-likeness (QED) is 0.241. The van der Waals surface area contributed by atoms with Crippen LogP contribution < -0.4 is 0 Å². The average molecular weight is 418 g/mol. The van der Waals surface area contributed by atoms with E-state index in [9.17, 15) is 21.0 Å². The smallest absolute Gasteiger partial charge is 0.146 e. The normalized spacial score (nSPS) is 10.9. The van der Waals surface area contributed by atoms with Gasteiger partial charge in [-0.1, -0.05) is 36.4 Å².